The van der Waals surface area contributed by atoms with E-state index in [4.69, 9.17) is 0 Å². The van der Waals surface area contributed by atoms with E-state index >= 15 is 0 Å². The zero-order valence-corrected chi connectivity index (χ0v) is 7.33. The predicted octanol–water partition coefficient (Wildman–Crippen LogP) is 0.0339. The average Bonchev–Trinajstić information content (AvgIpc) is 2.47. The van der Waals surface area contributed by atoms with Crippen LogP contribution in [0.2, 0.25) is 0 Å². The average molecular weight is 171 g/mol. The van der Waals surface area contributed by atoms with E-state index in [9.17, 15) is 4.79 Å². The predicted molar refractivity (Wildman–Crippen MR) is 45.1 cm³/mol. The monoisotopic (exact) mass is 171 g/mol. The van der Waals surface area contributed by atoms with Crippen molar-refractivity contribution < 1.29 is 9.53 Å². The maximum atomic E-state index is 10.6. The van der Waals surface area contributed by atoms with Gasteiger partial charge < -0.3 is 9.64 Å². The molecule has 0 aromatic rings. The molecule has 0 unspecified atom stereocenters. The summed E-state index contributed by atoms with van der Waals surface area (Å²) in [6.45, 7) is 1.83. The number of amides is 1. The van der Waals surface area contributed by atoms with E-state index in [1.165, 1.54) is 7.11 Å². The van der Waals surface area contributed by atoms with Crippen LogP contribution in [0.15, 0.2) is 5.10 Å². The summed E-state index contributed by atoms with van der Waals surface area (Å²) in [4.78, 5) is 12.7. The molecule has 1 aliphatic rings. The van der Waals surface area contributed by atoms with Gasteiger partial charge in [-0.05, 0) is 7.05 Å². The molecule has 0 bridgehead atoms. The lowest BCUT2D eigenvalue weighted by molar-refractivity contribution is 0.171. The molecule has 0 spiro atoms. The number of hydrogen-bond donors (Lipinski definition) is 1. The van der Waals surface area contributed by atoms with Crippen LogP contribution in [0.1, 0.15) is 6.42 Å². The van der Waals surface area contributed by atoms with Crippen LogP contribution in [-0.4, -0.2) is 44.0 Å². The first-order valence-corrected chi connectivity index (χ1v) is 3.80. The van der Waals surface area contributed by atoms with Crippen molar-refractivity contribution in [2.45, 2.75) is 6.42 Å². The molecule has 1 aliphatic heterocycles. The molecule has 0 aliphatic carbocycles. The zero-order valence-electron chi connectivity index (χ0n) is 7.33. The molecule has 1 amide bonds. The molecule has 1 fully saturated rings. The van der Waals surface area contributed by atoms with Crippen LogP contribution in [0.3, 0.4) is 0 Å². The third-order valence-corrected chi connectivity index (χ3v) is 1.73. The lowest BCUT2D eigenvalue weighted by Gasteiger charge is -2.02. The van der Waals surface area contributed by atoms with Crippen LogP contribution < -0.4 is 5.43 Å². The van der Waals surface area contributed by atoms with Gasteiger partial charge >= 0.3 is 6.09 Å². The van der Waals surface area contributed by atoms with Crippen molar-refractivity contribution in [1.29, 1.82) is 0 Å². The Bertz CT molecular complexity index is 203. The molecule has 1 rings (SSSR count). The van der Waals surface area contributed by atoms with Crippen molar-refractivity contribution in [1.82, 2.24) is 10.3 Å². The van der Waals surface area contributed by atoms with E-state index in [1.54, 1.807) is 0 Å². The number of carbonyl (C=O) groups is 1. The van der Waals surface area contributed by atoms with Gasteiger partial charge in [-0.2, -0.15) is 5.10 Å². The first-order valence-electron chi connectivity index (χ1n) is 3.80. The second-order valence-corrected chi connectivity index (χ2v) is 2.77. The lowest BCUT2D eigenvalue weighted by atomic mass is 10.3. The molecular formula is C7H13N3O2. The zero-order chi connectivity index (χ0) is 8.97. The molecule has 1 N–H and O–H groups in total. The number of nitrogens with zero attached hydrogens (tertiary/aromatic N) is 2. The third-order valence-electron chi connectivity index (χ3n) is 1.73. The van der Waals surface area contributed by atoms with E-state index in [2.05, 4.69) is 20.2 Å². The SMILES string of the molecule is COC(=O)N/N=C1/CCN(C)C1. The Morgan fingerprint density at radius 2 is 2.50 bits per heavy atom. The molecule has 0 aromatic carbocycles. The Labute approximate surface area is 71.4 Å². The molecule has 0 saturated carbocycles. The van der Waals surface area contributed by atoms with Gasteiger partial charge in [0.15, 0.2) is 0 Å². The highest BCUT2D eigenvalue weighted by molar-refractivity contribution is 5.89. The summed E-state index contributed by atoms with van der Waals surface area (Å²) in [5.74, 6) is 0. The van der Waals surface area contributed by atoms with Crippen molar-refractivity contribution in [3.05, 3.63) is 0 Å². The van der Waals surface area contributed by atoms with Crippen LogP contribution in [0, 0.1) is 0 Å². The minimum absolute atomic E-state index is 0.517. The number of ether oxygens (including phenoxy) is 1. The van der Waals surface area contributed by atoms with Gasteiger partial charge in [0.25, 0.3) is 0 Å². The molecule has 0 aromatic heterocycles. The Kier molecular flexibility index (Phi) is 3.04. The van der Waals surface area contributed by atoms with Gasteiger partial charge in [-0.25, -0.2) is 10.2 Å². The summed E-state index contributed by atoms with van der Waals surface area (Å²) in [5, 5.41) is 3.89. The number of hydrazone groups is 1. The van der Waals surface area contributed by atoms with Crippen molar-refractivity contribution in [2.75, 3.05) is 27.2 Å². The number of likely N-dealkylation sites (tertiary alicyclic amines) is 1. The molecule has 0 radical (unpaired) electrons. The Balaban J connectivity index is 2.33. The van der Waals surface area contributed by atoms with Gasteiger partial charge in [0.2, 0.25) is 0 Å². The minimum Gasteiger partial charge on any atom is -0.452 e. The van der Waals surface area contributed by atoms with Crippen LogP contribution >= 0.6 is 0 Å². The highest BCUT2D eigenvalue weighted by Crippen LogP contribution is 2.01. The van der Waals surface area contributed by atoms with Crippen molar-refractivity contribution >= 4 is 11.8 Å². The maximum Gasteiger partial charge on any atom is 0.427 e. The highest BCUT2D eigenvalue weighted by atomic mass is 16.5. The Morgan fingerprint density at radius 3 is 3.00 bits per heavy atom. The number of hydrogen-bond acceptors (Lipinski definition) is 4. The van der Waals surface area contributed by atoms with Crippen molar-refractivity contribution in [3.63, 3.8) is 0 Å². The van der Waals surface area contributed by atoms with Gasteiger partial charge in [-0.3, -0.25) is 0 Å². The number of carbonyl (C=O) groups excluding carboxylic acids is 1. The summed E-state index contributed by atoms with van der Waals surface area (Å²) in [7, 11) is 3.33. The molecule has 12 heavy (non-hydrogen) atoms. The topological polar surface area (TPSA) is 53.9 Å². The molecule has 1 saturated heterocycles. The molecular weight excluding hydrogens is 158 g/mol. The van der Waals surface area contributed by atoms with Crippen LogP contribution in [0.4, 0.5) is 4.79 Å². The summed E-state index contributed by atoms with van der Waals surface area (Å²) in [6.07, 6.45) is 0.401. The van der Waals surface area contributed by atoms with Gasteiger partial charge in [0.1, 0.15) is 0 Å². The summed E-state index contributed by atoms with van der Waals surface area (Å²) >= 11 is 0. The van der Waals surface area contributed by atoms with Crippen LogP contribution in [0.25, 0.3) is 0 Å². The molecule has 0 atom stereocenters. The first-order chi connectivity index (χ1) is 5.72. The maximum absolute atomic E-state index is 10.6. The molecule has 68 valence electrons. The van der Waals surface area contributed by atoms with Gasteiger partial charge in [0, 0.05) is 19.5 Å². The van der Waals surface area contributed by atoms with Crippen LogP contribution in [0.5, 0.6) is 0 Å². The molecule has 1 heterocycles. The fourth-order valence-corrected chi connectivity index (χ4v) is 1.05. The summed E-state index contributed by atoms with van der Waals surface area (Å²) in [5.41, 5.74) is 3.28. The van der Waals surface area contributed by atoms with E-state index < -0.39 is 6.09 Å². The minimum atomic E-state index is -0.517. The number of nitrogens with one attached hydrogen (secondary N) is 1. The highest BCUT2D eigenvalue weighted by Gasteiger charge is 2.13. The van der Waals surface area contributed by atoms with Gasteiger partial charge in [-0.1, -0.05) is 0 Å². The number of methoxy groups -OCH3 is 1. The second-order valence-electron chi connectivity index (χ2n) is 2.77. The fourth-order valence-electron chi connectivity index (χ4n) is 1.05. The quantitative estimate of drug-likeness (QED) is 0.566. The smallest absolute Gasteiger partial charge is 0.427 e. The second kappa shape index (κ2) is 4.06. The summed E-state index contributed by atoms with van der Waals surface area (Å²) < 4.78 is 4.37. The van der Waals surface area contributed by atoms with E-state index in [-0.39, 0.29) is 0 Å². The van der Waals surface area contributed by atoms with Crippen molar-refractivity contribution in [2.24, 2.45) is 5.10 Å². The van der Waals surface area contributed by atoms with Gasteiger partial charge in [0.05, 0.1) is 12.8 Å². The van der Waals surface area contributed by atoms with E-state index in [0.29, 0.717) is 0 Å². The Hall–Kier alpha value is -1.10. The normalized spacial score (nSPS) is 21.3. The van der Waals surface area contributed by atoms with Crippen molar-refractivity contribution in [3.8, 4) is 0 Å². The van der Waals surface area contributed by atoms with E-state index in [1.807, 2.05) is 7.05 Å². The largest absolute Gasteiger partial charge is 0.452 e. The Morgan fingerprint density at radius 1 is 1.75 bits per heavy atom. The lowest BCUT2D eigenvalue weighted by Crippen LogP contribution is -2.20. The molecule has 5 heteroatoms. The fraction of sp³-hybridized carbons (Fsp3) is 0.714. The standard InChI is InChI=1S/C7H13N3O2/c1-10-4-3-6(5-10)8-9-7(11)12-2/h3-5H2,1-2H3,(H,9,11)/b8-6-. The van der Waals surface area contributed by atoms with Crippen LogP contribution in [-0.2, 0) is 4.74 Å². The van der Waals surface area contributed by atoms with Gasteiger partial charge in [-0.15, -0.1) is 0 Å². The molecule has 5 nitrogen and oxygen atoms in total. The third kappa shape index (κ3) is 2.50. The van der Waals surface area contributed by atoms with E-state index in [0.717, 1.165) is 25.2 Å². The summed E-state index contributed by atoms with van der Waals surface area (Å²) in [6, 6.07) is 0. The number of rotatable bonds is 1. The first kappa shape index (κ1) is 8.99.